The fraction of sp³-hybridized carbons (Fsp3) is 0.617. The first-order valence-electron chi connectivity index (χ1n) is 37.9. The maximum absolute atomic E-state index is 12.8. The van der Waals surface area contributed by atoms with Crippen molar-refractivity contribution in [1.82, 2.24) is 0 Å². The highest BCUT2D eigenvalue weighted by atomic mass is 16.7. The Hall–Kier alpha value is -8.63. The Morgan fingerprint density at radius 3 is 0.933 bits per heavy atom. The van der Waals surface area contributed by atoms with E-state index >= 15 is 0 Å². The predicted octanol–water partition coefficient (Wildman–Crippen LogP) is 16.2. The number of ether oxygens (including phenoxy) is 12. The van der Waals surface area contributed by atoms with Crippen molar-refractivity contribution in [2.75, 3.05) is 52.9 Å². The van der Waals surface area contributed by atoms with Gasteiger partial charge in [0.05, 0.1) is 58.4 Å². The Labute approximate surface area is 615 Å². The summed E-state index contributed by atoms with van der Waals surface area (Å²) in [5.41, 5.74) is 1.84. The zero-order chi connectivity index (χ0) is 75.3. The summed E-state index contributed by atoms with van der Waals surface area (Å²) in [4.78, 5) is 134. The van der Waals surface area contributed by atoms with Gasteiger partial charge in [0.25, 0.3) is 0 Å². The van der Waals surface area contributed by atoms with Crippen molar-refractivity contribution in [3.8, 4) is 17.2 Å². The molecule has 0 N–H and O–H groups in total. The third-order valence-corrected chi connectivity index (χ3v) is 16.3. The van der Waals surface area contributed by atoms with Crippen LogP contribution in [-0.4, -0.2) is 125 Å². The molecule has 3 rings (SSSR count). The average Bonchev–Trinajstić information content (AvgIpc) is 0.875. The number of esters is 11. The number of hydrogen-bond acceptors (Lipinski definition) is 23. The Bertz CT molecular complexity index is 2930. The summed E-state index contributed by atoms with van der Waals surface area (Å²) < 4.78 is 64.8. The molecule has 3 aromatic rings. The third-order valence-electron chi connectivity index (χ3n) is 16.3. The van der Waals surface area contributed by atoms with Gasteiger partial charge in [0.1, 0.15) is 17.2 Å². The summed E-state index contributed by atoms with van der Waals surface area (Å²) >= 11 is 0. The van der Waals surface area contributed by atoms with E-state index in [1.54, 1.807) is 43.3 Å². The molecule has 0 heterocycles. The van der Waals surface area contributed by atoms with Gasteiger partial charge in [-0.1, -0.05) is 61.7 Å². The summed E-state index contributed by atoms with van der Waals surface area (Å²) in [6, 6.07) is 22.6. The zero-order valence-corrected chi connectivity index (χ0v) is 61.9. The van der Waals surface area contributed by atoms with Crippen LogP contribution in [0, 0.1) is 6.92 Å². The second-order valence-corrected chi connectivity index (χ2v) is 25.8. The number of rotatable bonds is 63. The first-order chi connectivity index (χ1) is 50.4. The SMILES string of the molecule is C=C(C)C(=O)OCCCCCC(=O)OCCCCCC(=O)OCCCCCC(=O)OCCCCCC(=O)OCCCCCC(=O)OCCCCCC(=O)OCCCCCC(=O)OCCCCCC(=O)OC(CCCCCCCC(=O)Oc1ccc(OC(=O)c2ccc(C)cc2)cc1)Oc1ccccc1. The van der Waals surface area contributed by atoms with Crippen LogP contribution in [0.15, 0.2) is 91.0 Å². The zero-order valence-electron chi connectivity index (χ0n) is 61.9. The summed E-state index contributed by atoms with van der Waals surface area (Å²) in [6.07, 6.45) is 22.0. The van der Waals surface area contributed by atoms with Crippen LogP contribution in [0.25, 0.3) is 0 Å². The summed E-state index contributed by atoms with van der Waals surface area (Å²) in [7, 11) is 0. The van der Waals surface area contributed by atoms with Crippen LogP contribution in [-0.2, 0) is 90.6 Å². The van der Waals surface area contributed by atoms with Gasteiger partial charge >= 0.3 is 65.7 Å². The van der Waals surface area contributed by atoms with Crippen LogP contribution in [0.1, 0.15) is 273 Å². The number of hydrogen-bond donors (Lipinski definition) is 0. The fourth-order valence-electron chi connectivity index (χ4n) is 10.2. The van der Waals surface area contributed by atoms with Gasteiger partial charge in [-0.2, -0.15) is 0 Å². The Morgan fingerprint density at radius 1 is 0.298 bits per heavy atom. The Kier molecular flexibility index (Phi) is 51.4. The van der Waals surface area contributed by atoms with Gasteiger partial charge in [-0.3, -0.25) is 43.2 Å². The van der Waals surface area contributed by atoms with Gasteiger partial charge in [-0.05, 0) is 229 Å². The number of benzene rings is 3. The van der Waals surface area contributed by atoms with Crippen LogP contribution in [0.5, 0.6) is 17.2 Å². The van der Waals surface area contributed by atoms with Crippen molar-refractivity contribution in [3.63, 3.8) is 0 Å². The van der Waals surface area contributed by atoms with Gasteiger partial charge in [0.15, 0.2) is 0 Å². The number of aryl methyl sites for hydroxylation is 1. The second-order valence-electron chi connectivity index (χ2n) is 25.8. The molecule has 0 aromatic heterocycles. The van der Waals surface area contributed by atoms with E-state index in [0.717, 1.165) is 50.5 Å². The molecule has 0 aliphatic rings. The standard InChI is InChI=1S/C81H116O23/c1-64(2)80(91)100-63-35-14-25-44-76(88)98-61-33-12-23-42-74(86)96-59-31-10-21-40-72(84)94-57-29-8-19-38-70(82)93-56-28-9-20-39-71(83)95-58-30-11-22-41-73(85)97-60-32-13-24-43-75(87)99-62-34-15-26-46-78(90)104-79(102-67-36-16-7-17-37-67)47-27-6-4-5-18-45-77(89)101-68-52-54-69(55-53-68)103-81(92)66-50-48-65(3)49-51-66/h7,16-17,36-37,48-55,79H,1,4-6,8-15,18-35,38-47,56-63H2,2-3H3. The van der Waals surface area contributed by atoms with E-state index in [2.05, 4.69) is 6.58 Å². The van der Waals surface area contributed by atoms with Crippen molar-refractivity contribution < 1.29 is 110 Å². The lowest BCUT2D eigenvalue weighted by Crippen LogP contribution is -2.24. The van der Waals surface area contributed by atoms with Crippen molar-refractivity contribution in [1.29, 1.82) is 0 Å². The molecule has 23 nitrogen and oxygen atoms in total. The van der Waals surface area contributed by atoms with E-state index in [-0.39, 0.29) is 132 Å². The fourth-order valence-corrected chi connectivity index (χ4v) is 10.2. The van der Waals surface area contributed by atoms with Crippen molar-refractivity contribution in [3.05, 3.63) is 102 Å². The molecule has 0 radical (unpaired) electrons. The first kappa shape index (κ1) is 89.6. The Balaban J connectivity index is 1.02. The second kappa shape index (κ2) is 59.7. The number of carbonyl (C=O) groups excluding carboxylic acids is 11. The lowest BCUT2D eigenvalue weighted by atomic mass is 10.1. The molecular formula is C81H116O23. The quantitative estimate of drug-likeness (QED) is 0.0127. The van der Waals surface area contributed by atoms with E-state index < -0.39 is 18.2 Å². The third kappa shape index (κ3) is 50.7. The molecule has 104 heavy (non-hydrogen) atoms. The Morgan fingerprint density at radius 2 is 0.587 bits per heavy atom. The molecule has 0 spiro atoms. The van der Waals surface area contributed by atoms with Gasteiger partial charge in [0, 0.05) is 69.8 Å². The predicted molar refractivity (Wildman–Crippen MR) is 388 cm³/mol. The van der Waals surface area contributed by atoms with E-state index in [4.69, 9.17) is 56.8 Å². The van der Waals surface area contributed by atoms with Gasteiger partial charge in [0.2, 0.25) is 6.29 Å². The first-order valence-corrected chi connectivity index (χ1v) is 37.9. The summed E-state index contributed by atoms with van der Waals surface area (Å²) in [6.45, 7) is 9.31. The largest absolute Gasteiger partial charge is 0.466 e. The maximum Gasteiger partial charge on any atom is 0.343 e. The molecule has 23 heteroatoms. The van der Waals surface area contributed by atoms with Crippen LogP contribution in [0.3, 0.4) is 0 Å². The minimum Gasteiger partial charge on any atom is -0.466 e. The molecule has 1 atom stereocenters. The van der Waals surface area contributed by atoms with Crippen LogP contribution >= 0.6 is 0 Å². The molecule has 0 saturated heterocycles. The molecule has 578 valence electrons. The lowest BCUT2D eigenvalue weighted by Gasteiger charge is -2.19. The summed E-state index contributed by atoms with van der Waals surface area (Å²) in [5, 5.41) is 0. The van der Waals surface area contributed by atoms with Crippen LogP contribution in [0.4, 0.5) is 0 Å². The number of unbranched alkanes of at least 4 members (excludes halogenated alkanes) is 20. The molecular weight excluding hydrogens is 1340 g/mol. The summed E-state index contributed by atoms with van der Waals surface area (Å²) in [5.74, 6) is -2.26. The van der Waals surface area contributed by atoms with Crippen molar-refractivity contribution in [2.45, 2.75) is 271 Å². The highest BCUT2D eigenvalue weighted by Crippen LogP contribution is 2.22. The highest BCUT2D eigenvalue weighted by Gasteiger charge is 2.18. The topological polar surface area (TPSA) is 299 Å². The minimum atomic E-state index is -0.747. The van der Waals surface area contributed by atoms with Gasteiger partial charge in [-0.25, -0.2) is 9.59 Å². The maximum atomic E-state index is 12.8. The van der Waals surface area contributed by atoms with E-state index in [1.165, 1.54) is 0 Å². The van der Waals surface area contributed by atoms with E-state index in [9.17, 15) is 52.7 Å². The van der Waals surface area contributed by atoms with Gasteiger partial charge < -0.3 is 56.8 Å². The molecule has 0 amide bonds. The van der Waals surface area contributed by atoms with E-state index in [1.807, 2.05) is 49.4 Å². The smallest absolute Gasteiger partial charge is 0.343 e. The van der Waals surface area contributed by atoms with Crippen LogP contribution in [0.2, 0.25) is 0 Å². The molecule has 0 saturated carbocycles. The normalized spacial score (nSPS) is 11.1. The molecule has 0 fully saturated rings. The van der Waals surface area contributed by atoms with Crippen molar-refractivity contribution >= 4 is 65.7 Å². The number of carbonyl (C=O) groups is 11. The average molecular weight is 1460 g/mol. The van der Waals surface area contributed by atoms with Gasteiger partial charge in [-0.15, -0.1) is 0 Å². The number of para-hydroxylation sites is 1. The van der Waals surface area contributed by atoms with Crippen LogP contribution < -0.4 is 14.2 Å². The monoisotopic (exact) mass is 1460 g/mol. The molecule has 1 unspecified atom stereocenters. The lowest BCUT2D eigenvalue weighted by molar-refractivity contribution is -0.165. The van der Waals surface area contributed by atoms with E-state index in [0.29, 0.717) is 209 Å². The highest BCUT2D eigenvalue weighted by molar-refractivity contribution is 5.91. The molecule has 0 bridgehead atoms. The molecule has 3 aromatic carbocycles. The molecule has 0 aliphatic carbocycles. The minimum absolute atomic E-state index is 0.202. The molecule has 0 aliphatic heterocycles. The van der Waals surface area contributed by atoms with Crippen molar-refractivity contribution in [2.24, 2.45) is 0 Å².